The van der Waals surface area contributed by atoms with Gasteiger partial charge in [0, 0.05) is 13.0 Å². The van der Waals surface area contributed by atoms with Crippen molar-refractivity contribution in [1.82, 2.24) is 5.32 Å². The van der Waals surface area contributed by atoms with Crippen molar-refractivity contribution in [2.75, 3.05) is 13.7 Å². The molecule has 0 aromatic heterocycles. The Morgan fingerprint density at radius 3 is 3.06 bits per heavy atom. The Labute approximate surface area is 106 Å². The van der Waals surface area contributed by atoms with E-state index >= 15 is 0 Å². The van der Waals surface area contributed by atoms with Crippen LogP contribution in [0.4, 0.5) is 0 Å². The Balaban J connectivity index is 1.85. The van der Waals surface area contributed by atoms with Gasteiger partial charge in [-0.1, -0.05) is 12.1 Å². The summed E-state index contributed by atoms with van der Waals surface area (Å²) in [6.07, 6.45) is -0.0453. The average molecular weight is 251 g/mol. The Bertz CT molecular complexity index is 421. The molecule has 5 heteroatoms. The van der Waals surface area contributed by atoms with Crippen molar-refractivity contribution in [3.8, 4) is 5.75 Å². The minimum atomic E-state index is -0.459. The van der Waals surface area contributed by atoms with Gasteiger partial charge in [0.25, 0.3) is 0 Å². The van der Waals surface area contributed by atoms with E-state index in [2.05, 4.69) is 5.32 Å². The standard InChI is InChI=1S/C13H17NO4/c1-17-11-4-2-3-9(5-11)8-18-13(16)12-6-10(15)7-14-12/h2-5,10,12,14-15H,6-8H2,1H3/t10-,12-/m0/s1. The molecule has 1 aromatic rings. The van der Waals surface area contributed by atoms with E-state index in [1.165, 1.54) is 0 Å². The lowest BCUT2D eigenvalue weighted by Gasteiger charge is -2.10. The highest BCUT2D eigenvalue weighted by atomic mass is 16.5. The molecule has 2 rings (SSSR count). The fraction of sp³-hybridized carbons (Fsp3) is 0.462. The maximum Gasteiger partial charge on any atom is 0.323 e. The van der Waals surface area contributed by atoms with E-state index in [1.54, 1.807) is 7.11 Å². The number of benzene rings is 1. The molecule has 0 radical (unpaired) electrons. The SMILES string of the molecule is COc1cccc(COC(=O)[C@@H]2C[C@H](O)CN2)c1. The number of nitrogens with one attached hydrogen (secondary N) is 1. The summed E-state index contributed by atoms with van der Waals surface area (Å²) in [5, 5.41) is 12.2. The van der Waals surface area contributed by atoms with Crippen LogP contribution >= 0.6 is 0 Å². The zero-order chi connectivity index (χ0) is 13.0. The molecule has 1 aliphatic rings. The predicted octanol–water partition coefficient (Wildman–Crippen LogP) is 0.461. The molecule has 1 heterocycles. The molecule has 0 unspecified atom stereocenters. The summed E-state index contributed by atoms with van der Waals surface area (Å²) in [6, 6.07) is 6.97. The Hall–Kier alpha value is -1.59. The van der Waals surface area contributed by atoms with Crippen molar-refractivity contribution in [2.24, 2.45) is 0 Å². The fourth-order valence-electron chi connectivity index (χ4n) is 1.91. The number of aliphatic hydroxyl groups excluding tert-OH is 1. The summed E-state index contributed by atoms with van der Waals surface area (Å²) in [4.78, 5) is 11.7. The first-order valence-corrected chi connectivity index (χ1v) is 5.90. The number of hydrogen-bond acceptors (Lipinski definition) is 5. The second-order valence-corrected chi connectivity index (χ2v) is 4.31. The molecule has 98 valence electrons. The molecule has 18 heavy (non-hydrogen) atoms. The van der Waals surface area contributed by atoms with Crippen molar-refractivity contribution >= 4 is 5.97 Å². The van der Waals surface area contributed by atoms with Crippen LogP contribution in [0.25, 0.3) is 0 Å². The van der Waals surface area contributed by atoms with Crippen molar-refractivity contribution in [3.63, 3.8) is 0 Å². The molecule has 0 spiro atoms. The van der Waals surface area contributed by atoms with Gasteiger partial charge >= 0.3 is 5.97 Å². The molecular formula is C13H17NO4. The molecule has 1 saturated heterocycles. The Morgan fingerprint density at radius 1 is 1.56 bits per heavy atom. The molecule has 5 nitrogen and oxygen atoms in total. The van der Waals surface area contributed by atoms with Gasteiger partial charge in [-0.2, -0.15) is 0 Å². The van der Waals surface area contributed by atoms with E-state index in [0.29, 0.717) is 13.0 Å². The number of methoxy groups -OCH3 is 1. The largest absolute Gasteiger partial charge is 0.497 e. The first-order chi connectivity index (χ1) is 8.69. The Morgan fingerprint density at radius 2 is 2.39 bits per heavy atom. The van der Waals surface area contributed by atoms with Gasteiger partial charge in [-0.05, 0) is 17.7 Å². The summed E-state index contributed by atoms with van der Waals surface area (Å²) in [5.41, 5.74) is 0.876. The highest BCUT2D eigenvalue weighted by Crippen LogP contribution is 2.14. The van der Waals surface area contributed by atoms with E-state index < -0.39 is 12.1 Å². The van der Waals surface area contributed by atoms with Crippen molar-refractivity contribution in [1.29, 1.82) is 0 Å². The monoisotopic (exact) mass is 251 g/mol. The van der Waals surface area contributed by atoms with E-state index in [1.807, 2.05) is 24.3 Å². The zero-order valence-electron chi connectivity index (χ0n) is 10.3. The quantitative estimate of drug-likeness (QED) is 0.761. The number of carbonyl (C=O) groups excluding carboxylic acids is 1. The van der Waals surface area contributed by atoms with E-state index in [9.17, 15) is 9.90 Å². The van der Waals surface area contributed by atoms with Crippen LogP contribution in [-0.2, 0) is 16.1 Å². The van der Waals surface area contributed by atoms with Crippen molar-refractivity contribution < 1.29 is 19.4 Å². The van der Waals surface area contributed by atoms with Gasteiger partial charge in [0.2, 0.25) is 0 Å². The molecule has 2 N–H and O–H groups in total. The highest BCUT2D eigenvalue weighted by molar-refractivity contribution is 5.76. The summed E-state index contributed by atoms with van der Waals surface area (Å²) < 4.78 is 10.3. The number of ether oxygens (including phenoxy) is 2. The minimum absolute atomic E-state index is 0.213. The van der Waals surface area contributed by atoms with Crippen LogP contribution < -0.4 is 10.1 Å². The van der Waals surface area contributed by atoms with Crippen LogP contribution in [0.3, 0.4) is 0 Å². The summed E-state index contributed by atoms with van der Waals surface area (Å²) in [6.45, 7) is 0.656. The number of esters is 1. The van der Waals surface area contributed by atoms with Crippen LogP contribution in [0, 0.1) is 0 Å². The number of rotatable bonds is 4. The number of aliphatic hydroxyl groups is 1. The lowest BCUT2D eigenvalue weighted by atomic mass is 10.2. The van der Waals surface area contributed by atoms with Crippen LogP contribution in [0.2, 0.25) is 0 Å². The average Bonchev–Trinajstić information content (AvgIpc) is 2.83. The van der Waals surface area contributed by atoms with Gasteiger partial charge in [0.05, 0.1) is 13.2 Å². The number of carbonyl (C=O) groups is 1. The molecule has 0 bridgehead atoms. The maximum atomic E-state index is 11.7. The van der Waals surface area contributed by atoms with Gasteiger partial charge < -0.3 is 19.9 Å². The molecule has 0 amide bonds. The molecule has 1 fully saturated rings. The second-order valence-electron chi connectivity index (χ2n) is 4.31. The summed E-state index contributed by atoms with van der Waals surface area (Å²) in [7, 11) is 1.59. The zero-order valence-corrected chi connectivity index (χ0v) is 10.3. The highest BCUT2D eigenvalue weighted by Gasteiger charge is 2.29. The normalized spacial score (nSPS) is 22.8. The topological polar surface area (TPSA) is 67.8 Å². The van der Waals surface area contributed by atoms with Crippen molar-refractivity contribution in [3.05, 3.63) is 29.8 Å². The van der Waals surface area contributed by atoms with Gasteiger partial charge in [-0.25, -0.2) is 0 Å². The molecule has 1 aromatic carbocycles. The third kappa shape index (κ3) is 3.21. The smallest absolute Gasteiger partial charge is 0.323 e. The first-order valence-electron chi connectivity index (χ1n) is 5.90. The third-order valence-electron chi connectivity index (χ3n) is 2.91. The first kappa shape index (κ1) is 12.9. The molecule has 1 aliphatic heterocycles. The van der Waals surface area contributed by atoms with Gasteiger partial charge in [-0.15, -0.1) is 0 Å². The lowest BCUT2D eigenvalue weighted by Crippen LogP contribution is -2.32. The maximum absolute atomic E-state index is 11.7. The van der Waals surface area contributed by atoms with Crippen molar-refractivity contribution in [2.45, 2.75) is 25.2 Å². The summed E-state index contributed by atoms with van der Waals surface area (Å²) >= 11 is 0. The van der Waals surface area contributed by atoms with Crippen LogP contribution in [0.5, 0.6) is 5.75 Å². The predicted molar refractivity (Wildman–Crippen MR) is 65.2 cm³/mol. The minimum Gasteiger partial charge on any atom is -0.497 e. The molecule has 2 atom stereocenters. The summed E-state index contributed by atoms with van der Waals surface area (Å²) in [5.74, 6) is 0.410. The molecule has 0 aliphatic carbocycles. The van der Waals surface area contributed by atoms with E-state index in [4.69, 9.17) is 9.47 Å². The Kier molecular flexibility index (Phi) is 4.17. The molecular weight excluding hydrogens is 234 g/mol. The second kappa shape index (κ2) is 5.84. The van der Waals surface area contributed by atoms with E-state index in [0.717, 1.165) is 11.3 Å². The van der Waals surface area contributed by atoms with Gasteiger partial charge in [0.1, 0.15) is 18.4 Å². The number of β-amino-alcohol motifs (C(OH)–C–C–N with tert-alkyl or cyclic N) is 1. The van der Waals surface area contributed by atoms with E-state index in [-0.39, 0.29) is 12.6 Å². The van der Waals surface area contributed by atoms with Crippen LogP contribution in [0.1, 0.15) is 12.0 Å². The molecule has 0 saturated carbocycles. The van der Waals surface area contributed by atoms with Gasteiger partial charge in [-0.3, -0.25) is 4.79 Å². The lowest BCUT2D eigenvalue weighted by molar-refractivity contribution is -0.147. The van der Waals surface area contributed by atoms with Gasteiger partial charge in [0.15, 0.2) is 0 Å². The van der Waals surface area contributed by atoms with Crippen LogP contribution in [0.15, 0.2) is 24.3 Å². The fourth-order valence-corrected chi connectivity index (χ4v) is 1.91. The van der Waals surface area contributed by atoms with Crippen LogP contribution in [-0.4, -0.2) is 36.9 Å². The number of hydrogen-bond donors (Lipinski definition) is 2. The third-order valence-corrected chi connectivity index (χ3v) is 2.91.